The van der Waals surface area contributed by atoms with Gasteiger partial charge in [0.05, 0.1) is 26.9 Å². The minimum absolute atomic E-state index is 0.404. The molecule has 4 rings (SSSR count). The third-order valence-corrected chi connectivity index (χ3v) is 6.00. The van der Waals surface area contributed by atoms with Gasteiger partial charge in [0, 0.05) is 29.1 Å². The Morgan fingerprint density at radius 1 is 1.03 bits per heavy atom. The van der Waals surface area contributed by atoms with Crippen molar-refractivity contribution in [2.24, 2.45) is 0 Å². The molecule has 9 heteroatoms. The van der Waals surface area contributed by atoms with E-state index in [-0.39, 0.29) is 0 Å². The van der Waals surface area contributed by atoms with E-state index in [0.717, 1.165) is 29.8 Å². The molecule has 1 aromatic heterocycles. The Bertz CT molecular complexity index is 1070. The summed E-state index contributed by atoms with van der Waals surface area (Å²) in [5, 5.41) is 12.8. The van der Waals surface area contributed by atoms with Crippen LogP contribution in [-0.4, -0.2) is 42.3 Å². The molecule has 0 aliphatic carbocycles. The quantitative estimate of drug-likeness (QED) is 0.375. The summed E-state index contributed by atoms with van der Waals surface area (Å²) >= 11 is 1.57. The van der Waals surface area contributed by atoms with Gasteiger partial charge in [-0.3, -0.25) is 0 Å². The number of methoxy groups -OCH3 is 3. The molecule has 0 bridgehead atoms. The summed E-state index contributed by atoms with van der Waals surface area (Å²) in [7, 11) is 4.80. The molecule has 0 amide bonds. The molecular weight excluding hydrogens is 428 g/mol. The first-order chi connectivity index (χ1) is 15.7. The van der Waals surface area contributed by atoms with E-state index in [2.05, 4.69) is 27.4 Å². The molecule has 1 atom stereocenters. The molecule has 2 heterocycles. The lowest BCUT2D eigenvalue weighted by Gasteiger charge is -2.23. The van der Waals surface area contributed by atoms with Crippen LogP contribution in [0.4, 0.5) is 5.69 Å². The number of fused-ring (bicyclic) bond motifs is 3. The lowest BCUT2D eigenvalue weighted by Crippen LogP contribution is -2.19. The Hall–Kier alpha value is -3.20. The number of hydrogen-bond acceptors (Lipinski definition) is 9. The zero-order valence-electron chi connectivity index (χ0n) is 18.5. The fourth-order valence-electron chi connectivity index (χ4n) is 3.44. The summed E-state index contributed by atoms with van der Waals surface area (Å²) in [4.78, 5) is 4.69. The van der Waals surface area contributed by atoms with Crippen LogP contribution in [0.15, 0.2) is 41.6 Å². The second-order valence-electron chi connectivity index (χ2n) is 7.08. The Labute approximate surface area is 191 Å². The molecule has 0 spiro atoms. The average Bonchev–Trinajstić information content (AvgIpc) is 2.99. The van der Waals surface area contributed by atoms with Gasteiger partial charge in [-0.15, -0.1) is 10.2 Å². The maximum absolute atomic E-state index is 6.39. The van der Waals surface area contributed by atoms with Crippen molar-refractivity contribution in [3.8, 4) is 34.4 Å². The van der Waals surface area contributed by atoms with E-state index < -0.39 is 6.23 Å². The van der Waals surface area contributed by atoms with Crippen molar-refractivity contribution in [3.05, 3.63) is 42.0 Å². The predicted octanol–water partition coefficient (Wildman–Crippen LogP) is 4.96. The summed E-state index contributed by atoms with van der Waals surface area (Å²) in [6.45, 7) is 2.16. The molecule has 3 aromatic rings. The van der Waals surface area contributed by atoms with Crippen LogP contribution in [0.3, 0.4) is 0 Å². The first kappa shape index (κ1) is 22.0. The van der Waals surface area contributed by atoms with Gasteiger partial charge >= 0.3 is 0 Å². The van der Waals surface area contributed by atoms with Crippen LogP contribution in [0.2, 0.25) is 0 Å². The van der Waals surface area contributed by atoms with Crippen molar-refractivity contribution >= 4 is 17.4 Å². The van der Waals surface area contributed by atoms with Crippen LogP contribution in [0, 0.1) is 0 Å². The predicted molar refractivity (Wildman–Crippen MR) is 124 cm³/mol. The van der Waals surface area contributed by atoms with Crippen molar-refractivity contribution in [1.29, 1.82) is 0 Å². The third kappa shape index (κ3) is 4.38. The van der Waals surface area contributed by atoms with E-state index in [4.69, 9.17) is 18.9 Å². The largest absolute Gasteiger partial charge is 0.496 e. The Morgan fingerprint density at radius 2 is 1.78 bits per heavy atom. The van der Waals surface area contributed by atoms with Crippen LogP contribution < -0.4 is 24.3 Å². The van der Waals surface area contributed by atoms with Gasteiger partial charge in [-0.2, -0.15) is 4.98 Å². The van der Waals surface area contributed by atoms with E-state index in [1.54, 1.807) is 45.2 Å². The molecule has 0 saturated heterocycles. The molecular formula is C23H26N4O4S. The van der Waals surface area contributed by atoms with Crippen molar-refractivity contribution in [2.75, 3.05) is 32.4 Å². The normalized spacial score (nSPS) is 14.3. The summed E-state index contributed by atoms with van der Waals surface area (Å²) in [5.74, 6) is 3.09. The van der Waals surface area contributed by atoms with Crippen molar-refractivity contribution in [1.82, 2.24) is 15.2 Å². The lowest BCUT2D eigenvalue weighted by molar-refractivity contribution is 0.213. The minimum Gasteiger partial charge on any atom is -0.496 e. The molecule has 1 aliphatic heterocycles. The van der Waals surface area contributed by atoms with Crippen LogP contribution in [-0.2, 0) is 0 Å². The monoisotopic (exact) mass is 454 g/mol. The van der Waals surface area contributed by atoms with E-state index in [1.807, 2.05) is 24.3 Å². The Balaban J connectivity index is 1.82. The summed E-state index contributed by atoms with van der Waals surface area (Å²) in [5.41, 5.74) is 2.99. The van der Waals surface area contributed by atoms with Gasteiger partial charge < -0.3 is 24.3 Å². The number of para-hydroxylation sites is 1. The zero-order chi connectivity index (χ0) is 22.5. The van der Waals surface area contributed by atoms with Crippen LogP contribution >= 0.6 is 11.8 Å². The highest BCUT2D eigenvalue weighted by molar-refractivity contribution is 7.99. The molecule has 1 N–H and O–H groups in total. The number of hydrogen-bond donors (Lipinski definition) is 1. The SMILES string of the molecule is CCCCSc1nnc2c(n1)O[C@H](c1c(OC)cc(OC)cc1OC)Nc1ccccc1-2. The smallest absolute Gasteiger partial charge is 0.247 e. The molecule has 2 aromatic carbocycles. The van der Waals surface area contributed by atoms with Gasteiger partial charge in [0.1, 0.15) is 17.2 Å². The fourth-order valence-corrected chi connectivity index (χ4v) is 4.30. The number of nitrogens with one attached hydrogen (secondary N) is 1. The number of unbranched alkanes of at least 4 members (excludes halogenated alkanes) is 1. The number of aromatic nitrogens is 3. The third-order valence-electron chi connectivity index (χ3n) is 5.08. The summed E-state index contributed by atoms with van der Waals surface area (Å²) < 4.78 is 23.1. The second kappa shape index (κ2) is 9.95. The van der Waals surface area contributed by atoms with Gasteiger partial charge in [0.2, 0.25) is 17.3 Å². The Morgan fingerprint density at radius 3 is 2.47 bits per heavy atom. The summed E-state index contributed by atoms with van der Waals surface area (Å²) in [6.07, 6.45) is 1.55. The number of rotatable bonds is 8. The highest BCUT2D eigenvalue weighted by Gasteiger charge is 2.30. The average molecular weight is 455 g/mol. The van der Waals surface area contributed by atoms with Crippen LogP contribution in [0.25, 0.3) is 11.3 Å². The first-order valence-electron chi connectivity index (χ1n) is 10.4. The maximum Gasteiger partial charge on any atom is 0.247 e. The van der Waals surface area contributed by atoms with Gasteiger partial charge in [-0.05, 0) is 12.5 Å². The molecule has 0 unspecified atom stereocenters. The molecule has 1 aliphatic rings. The molecule has 8 nitrogen and oxygen atoms in total. The van der Waals surface area contributed by atoms with Crippen molar-refractivity contribution < 1.29 is 18.9 Å². The molecule has 168 valence electrons. The first-order valence-corrected chi connectivity index (χ1v) is 11.4. The fraction of sp³-hybridized carbons (Fsp3) is 0.348. The van der Waals surface area contributed by atoms with Gasteiger partial charge in [0.25, 0.3) is 0 Å². The minimum atomic E-state index is -0.640. The molecule has 32 heavy (non-hydrogen) atoms. The van der Waals surface area contributed by atoms with Gasteiger partial charge in [-0.1, -0.05) is 43.3 Å². The van der Waals surface area contributed by atoms with Crippen LogP contribution in [0.1, 0.15) is 31.6 Å². The highest BCUT2D eigenvalue weighted by Crippen LogP contribution is 2.45. The van der Waals surface area contributed by atoms with Gasteiger partial charge in [-0.25, -0.2) is 0 Å². The van der Waals surface area contributed by atoms with E-state index in [1.165, 1.54) is 0 Å². The van der Waals surface area contributed by atoms with E-state index in [0.29, 0.717) is 39.5 Å². The number of benzene rings is 2. The second-order valence-corrected chi connectivity index (χ2v) is 8.15. The van der Waals surface area contributed by atoms with Crippen LogP contribution in [0.5, 0.6) is 23.1 Å². The maximum atomic E-state index is 6.39. The van der Waals surface area contributed by atoms with Crippen molar-refractivity contribution in [2.45, 2.75) is 31.1 Å². The summed E-state index contributed by atoms with van der Waals surface area (Å²) in [6, 6.07) is 11.4. The van der Waals surface area contributed by atoms with Crippen molar-refractivity contribution in [3.63, 3.8) is 0 Å². The topological polar surface area (TPSA) is 87.6 Å². The number of anilines is 1. The Kier molecular flexibility index (Phi) is 6.84. The standard InChI is InChI=1S/C23H26N4O4S/c1-5-6-11-32-23-25-22-20(26-27-23)15-9-7-8-10-16(15)24-21(31-22)19-17(29-3)12-14(28-2)13-18(19)30-4/h7-10,12-13,21,24H,5-6,11H2,1-4H3/t21-/m1/s1. The molecule has 0 fully saturated rings. The molecule has 0 saturated carbocycles. The number of ether oxygens (including phenoxy) is 4. The zero-order valence-corrected chi connectivity index (χ0v) is 19.4. The van der Waals surface area contributed by atoms with E-state index >= 15 is 0 Å². The lowest BCUT2D eigenvalue weighted by atomic mass is 10.1. The molecule has 0 radical (unpaired) electrons. The highest BCUT2D eigenvalue weighted by atomic mass is 32.2. The number of thioether (sulfide) groups is 1. The van der Waals surface area contributed by atoms with Gasteiger partial charge in [0.15, 0.2) is 5.69 Å². The number of nitrogens with zero attached hydrogens (tertiary/aromatic N) is 3. The van der Waals surface area contributed by atoms with E-state index in [9.17, 15) is 0 Å².